The van der Waals surface area contributed by atoms with Crippen molar-refractivity contribution in [2.24, 2.45) is 0 Å². The molecule has 0 aromatic heterocycles. The van der Waals surface area contributed by atoms with Crippen molar-refractivity contribution in [1.82, 2.24) is 0 Å². The number of benzene rings is 13. The van der Waals surface area contributed by atoms with E-state index in [4.69, 9.17) is 4.74 Å². The summed E-state index contributed by atoms with van der Waals surface area (Å²) in [5.41, 5.74) is 25.0. The van der Waals surface area contributed by atoms with E-state index in [2.05, 4.69) is 335 Å². The first-order valence-electron chi connectivity index (χ1n) is 29.5. The molecule has 13 aromatic rings. The molecule has 13 aromatic carbocycles. The van der Waals surface area contributed by atoms with Crippen molar-refractivity contribution in [1.29, 1.82) is 0 Å². The first-order valence-corrected chi connectivity index (χ1v) is 30.3. The van der Waals surface area contributed by atoms with Crippen LogP contribution in [0.4, 0.5) is 68.2 Å². The molecule has 0 spiro atoms. The highest BCUT2D eigenvalue weighted by atomic mass is 32.2. The normalized spacial score (nSPS) is 12.8. The molecule has 86 heavy (non-hydrogen) atoms. The van der Waals surface area contributed by atoms with Crippen LogP contribution >= 0.6 is 11.8 Å². The maximum atomic E-state index is 7.37. The van der Waals surface area contributed by atoms with Crippen molar-refractivity contribution in [2.75, 3.05) is 19.6 Å². The van der Waals surface area contributed by atoms with Gasteiger partial charge in [0, 0.05) is 83.9 Å². The molecule has 4 heterocycles. The van der Waals surface area contributed by atoms with E-state index < -0.39 is 0 Å². The lowest BCUT2D eigenvalue weighted by Crippen LogP contribution is -2.63. The van der Waals surface area contributed by atoms with Gasteiger partial charge in [0.25, 0.3) is 6.71 Å². The minimum absolute atomic E-state index is 0.0952. The second kappa shape index (κ2) is 20.6. The van der Waals surface area contributed by atoms with Gasteiger partial charge in [-0.15, -0.1) is 0 Å². The van der Waals surface area contributed by atoms with Crippen molar-refractivity contribution in [3.63, 3.8) is 0 Å². The third-order valence-electron chi connectivity index (χ3n) is 17.5. The van der Waals surface area contributed by atoms with Crippen LogP contribution in [-0.4, -0.2) is 13.4 Å². The van der Waals surface area contributed by atoms with Crippen LogP contribution in [-0.2, 0) is 0 Å². The smallest absolute Gasteiger partial charge is 0.256 e. The maximum absolute atomic E-state index is 7.37. The minimum atomic E-state index is -0.181. The summed E-state index contributed by atoms with van der Waals surface area (Å²) in [6, 6.07) is 115. The Morgan fingerprint density at radius 1 is 0.291 bits per heavy atom. The van der Waals surface area contributed by atoms with Crippen LogP contribution in [0.5, 0.6) is 11.5 Å². The SMILES string of the molecule is c1ccc(-c2cccc(-c3ccccc3)c2N2c3cc4c(cc3B3c5ccccc5Oc5cc(N(c6ccccc6)c6ccccc6)cc2c53)B2c3ccccc3N(c3ccccc3)c3cc(N(c5ccccc5)c5ccccc5)cc(c32)S4)cc1. The van der Waals surface area contributed by atoms with E-state index in [9.17, 15) is 0 Å². The highest BCUT2D eigenvalue weighted by Crippen LogP contribution is 2.53. The third kappa shape index (κ3) is 8.12. The zero-order chi connectivity index (χ0) is 56.7. The summed E-state index contributed by atoms with van der Waals surface area (Å²) in [5.74, 6) is 1.70. The number of hydrogen-bond donors (Lipinski definition) is 0. The molecular formula is C78H52B2N4OS. The Labute approximate surface area is 506 Å². The zero-order valence-corrected chi connectivity index (χ0v) is 47.6. The average molecular weight is 1110 g/mol. The van der Waals surface area contributed by atoms with Crippen LogP contribution in [0, 0.1) is 0 Å². The molecule has 402 valence electrons. The van der Waals surface area contributed by atoms with Gasteiger partial charge in [-0.1, -0.05) is 230 Å². The van der Waals surface area contributed by atoms with Gasteiger partial charge in [0.2, 0.25) is 6.71 Å². The number of anilines is 12. The lowest BCUT2D eigenvalue weighted by molar-refractivity contribution is 0.487. The fourth-order valence-electron chi connectivity index (χ4n) is 13.9. The van der Waals surface area contributed by atoms with Gasteiger partial charge in [-0.3, -0.25) is 0 Å². The van der Waals surface area contributed by atoms with Crippen molar-refractivity contribution in [3.05, 3.63) is 315 Å². The lowest BCUT2D eigenvalue weighted by Gasteiger charge is -2.44. The van der Waals surface area contributed by atoms with Gasteiger partial charge in [-0.2, -0.15) is 0 Å². The molecule has 0 bridgehead atoms. The lowest BCUT2D eigenvalue weighted by atomic mass is 9.31. The summed E-state index contributed by atoms with van der Waals surface area (Å²) < 4.78 is 7.37. The summed E-state index contributed by atoms with van der Waals surface area (Å²) in [6.45, 7) is -0.276. The van der Waals surface area contributed by atoms with Gasteiger partial charge in [0.05, 0.1) is 11.4 Å². The standard InChI is InChI=1S/C78H52B2N4OS/c1-8-27-53(28-9-1)62-41-26-42-63(54-29-10-2-11-30-54)78(62)84-69-52-74-67(51-66(69)80-65-44-23-25-46-72(65)85-73-49-60(47-70(84)76(73)80)81(55-31-12-3-13-32-55)56-33-14-4-15-34-56)79-64-43-22-24-45-68(64)83(59-39-20-7-21-40-59)71-48-61(50-75(86-74)77(71)79)82(57-35-16-5-17-36-57)58-37-18-6-19-38-58/h1-52H. The predicted octanol–water partition coefficient (Wildman–Crippen LogP) is 17.1. The van der Waals surface area contributed by atoms with Crippen LogP contribution in [0.1, 0.15) is 0 Å². The molecule has 0 amide bonds. The van der Waals surface area contributed by atoms with Gasteiger partial charge in [-0.05, 0) is 136 Å². The first kappa shape index (κ1) is 49.9. The molecule has 0 fully saturated rings. The van der Waals surface area contributed by atoms with E-state index in [1.54, 1.807) is 0 Å². The van der Waals surface area contributed by atoms with Crippen molar-refractivity contribution in [2.45, 2.75) is 9.79 Å². The molecule has 0 radical (unpaired) electrons. The number of fused-ring (bicyclic) bond motifs is 8. The van der Waals surface area contributed by atoms with E-state index in [1.807, 2.05) is 11.8 Å². The maximum Gasteiger partial charge on any atom is 0.256 e. The number of hydrogen-bond acceptors (Lipinski definition) is 6. The van der Waals surface area contributed by atoms with Crippen molar-refractivity contribution in [3.8, 4) is 33.8 Å². The van der Waals surface area contributed by atoms with E-state index >= 15 is 0 Å². The Hall–Kier alpha value is -10.7. The monoisotopic (exact) mass is 1110 g/mol. The molecular weight excluding hydrogens is 1060 g/mol. The van der Waals surface area contributed by atoms with E-state index in [0.717, 1.165) is 102 Å². The fourth-order valence-corrected chi connectivity index (χ4v) is 15.1. The molecule has 17 rings (SSSR count). The average Bonchev–Trinajstić information content (AvgIpc) is 0.734. The van der Waals surface area contributed by atoms with Gasteiger partial charge >= 0.3 is 0 Å². The van der Waals surface area contributed by atoms with Crippen LogP contribution in [0.3, 0.4) is 0 Å². The molecule has 4 aliphatic rings. The molecule has 8 heteroatoms. The second-order valence-electron chi connectivity index (χ2n) is 22.3. The molecule has 5 nitrogen and oxygen atoms in total. The summed E-state index contributed by atoms with van der Waals surface area (Å²) in [6.07, 6.45) is 0. The van der Waals surface area contributed by atoms with Gasteiger partial charge in [-0.25, -0.2) is 0 Å². The summed E-state index contributed by atoms with van der Waals surface area (Å²) >= 11 is 1.90. The van der Waals surface area contributed by atoms with Gasteiger partial charge in [0.1, 0.15) is 11.5 Å². The number of ether oxygens (including phenoxy) is 1. The minimum Gasteiger partial charge on any atom is -0.458 e. The molecule has 0 atom stereocenters. The highest BCUT2D eigenvalue weighted by molar-refractivity contribution is 8.00. The number of rotatable bonds is 10. The van der Waals surface area contributed by atoms with Gasteiger partial charge < -0.3 is 24.3 Å². The predicted molar refractivity (Wildman–Crippen MR) is 362 cm³/mol. The molecule has 4 aliphatic heterocycles. The van der Waals surface area contributed by atoms with Crippen LogP contribution in [0.25, 0.3) is 22.3 Å². The number of nitrogens with zero attached hydrogens (tertiary/aromatic N) is 4. The molecule has 0 unspecified atom stereocenters. The summed E-state index contributed by atoms with van der Waals surface area (Å²) in [5, 5.41) is 0. The Balaban J connectivity index is 0.979. The molecule has 0 saturated heterocycles. The number of para-hydroxylation sites is 8. The van der Waals surface area contributed by atoms with E-state index in [1.165, 1.54) is 43.0 Å². The van der Waals surface area contributed by atoms with Crippen molar-refractivity contribution >= 4 is 126 Å². The summed E-state index contributed by atoms with van der Waals surface area (Å²) in [7, 11) is 0. The Morgan fingerprint density at radius 3 is 1.33 bits per heavy atom. The Morgan fingerprint density at radius 2 is 0.756 bits per heavy atom. The van der Waals surface area contributed by atoms with Gasteiger partial charge in [0.15, 0.2) is 0 Å². The van der Waals surface area contributed by atoms with Crippen LogP contribution in [0.2, 0.25) is 0 Å². The van der Waals surface area contributed by atoms with E-state index in [0.29, 0.717) is 0 Å². The third-order valence-corrected chi connectivity index (χ3v) is 18.6. The molecule has 0 saturated carbocycles. The molecule has 0 aliphatic carbocycles. The summed E-state index contributed by atoms with van der Waals surface area (Å²) in [4.78, 5) is 12.3. The Bertz CT molecular complexity index is 4600. The first-order chi connectivity index (χ1) is 42.7. The van der Waals surface area contributed by atoms with Crippen LogP contribution in [0.15, 0.2) is 325 Å². The fraction of sp³-hybridized carbons (Fsp3) is 0. The quantitative estimate of drug-likeness (QED) is 0.126. The topological polar surface area (TPSA) is 22.2 Å². The zero-order valence-electron chi connectivity index (χ0n) is 46.8. The Kier molecular flexibility index (Phi) is 12.0. The largest absolute Gasteiger partial charge is 0.458 e. The van der Waals surface area contributed by atoms with Crippen molar-refractivity contribution < 1.29 is 4.74 Å². The second-order valence-corrected chi connectivity index (χ2v) is 23.4. The van der Waals surface area contributed by atoms with E-state index in [-0.39, 0.29) is 13.4 Å². The molecule has 0 N–H and O–H groups in total. The highest BCUT2D eigenvalue weighted by Gasteiger charge is 2.47. The van der Waals surface area contributed by atoms with Crippen LogP contribution < -0.4 is 57.1 Å².